The molecule has 0 unspecified atom stereocenters. The van der Waals surface area contributed by atoms with E-state index in [-0.39, 0.29) is 18.2 Å². The van der Waals surface area contributed by atoms with Crippen LogP contribution in [0.25, 0.3) is 22.3 Å². The summed E-state index contributed by atoms with van der Waals surface area (Å²) in [6.07, 6.45) is 4.94. The Kier molecular flexibility index (Phi) is 7.70. The summed E-state index contributed by atoms with van der Waals surface area (Å²) in [6, 6.07) is 15.0. The highest BCUT2D eigenvalue weighted by Crippen LogP contribution is 2.43. The first-order chi connectivity index (χ1) is 19.6. The summed E-state index contributed by atoms with van der Waals surface area (Å²) in [4.78, 5) is 40.5. The van der Waals surface area contributed by atoms with Crippen molar-refractivity contribution in [2.45, 2.75) is 65.0 Å². The number of aromatic nitrogens is 4. The van der Waals surface area contributed by atoms with Crippen LogP contribution < -0.4 is 4.90 Å². The number of hydrogen-bond acceptors (Lipinski definition) is 8. The molecule has 1 fully saturated rings. The van der Waals surface area contributed by atoms with Crippen LogP contribution in [0.2, 0.25) is 0 Å². The molecule has 0 bridgehead atoms. The zero-order valence-corrected chi connectivity index (χ0v) is 23.6. The minimum absolute atomic E-state index is 0.246. The average molecular weight is 553 g/mol. The number of carbonyl (C=O) groups is 2. The second kappa shape index (κ2) is 11.4. The summed E-state index contributed by atoms with van der Waals surface area (Å²) in [5.74, 6) is 0.742. The summed E-state index contributed by atoms with van der Waals surface area (Å²) < 4.78 is 12.7. The van der Waals surface area contributed by atoms with Crippen LogP contribution in [0.5, 0.6) is 0 Å². The van der Waals surface area contributed by atoms with Crippen molar-refractivity contribution >= 4 is 34.7 Å². The number of rotatable bonds is 8. The summed E-state index contributed by atoms with van der Waals surface area (Å²) in [6.45, 7) is 7.99. The Morgan fingerprint density at radius 3 is 2.61 bits per heavy atom. The van der Waals surface area contributed by atoms with Crippen LogP contribution in [0.15, 0.2) is 55.0 Å². The molecule has 0 N–H and O–H groups in total. The number of nitrogens with zero attached hydrogens (tertiary/aromatic N) is 6. The molecule has 3 heterocycles. The van der Waals surface area contributed by atoms with Gasteiger partial charge in [-0.3, -0.25) is 4.79 Å². The Bertz CT molecular complexity index is 1640. The van der Waals surface area contributed by atoms with Gasteiger partial charge in [-0.1, -0.05) is 6.07 Å². The molecular formula is C31H32N6O4. The van der Waals surface area contributed by atoms with Crippen LogP contribution in [-0.2, 0) is 20.8 Å². The molecule has 0 atom stereocenters. The quantitative estimate of drug-likeness (QED) is 0.234. The lowest BCUT2D eigenvalue weighted by atomic mass is 10.1. The number of anilines is 2. The molecule has 1 amide bonds. The molecule has 41 heavy (non-hydrogen) atoms. The van der Waals surface area contributed by atoms with Crippen LogP contribution in [0, 0.1) is 11.3 Å². The van der Waals surface area contributed by atoms with E-state index in [1.165, 1.54) is 11.1 Å². The molecule has 10 heteroatoms. The number of amides is 1. The monoisotopic (exact) mass is 552 g/mol. The molecule has 3 aromatic heterocycles. The first kappa shape index (κ1) is 27.8. The molecule has 5 rings (SSSR count). The summed E-state index contributed by atoms with van der Waals surface area (Å²) in [5, 5.41) is 9.47. The van der Waals surface area contributed by atoms with Crippen molar-refractivity contribution in [1.29, 1.82) is 5.26 Å². The van der Waals surface area contributed by atoms with E-state index in [0.717, 1.165) is 35.0 Å². The zero-order chi connectivity index (χ0) is 29.1. The van der Waals surface area contributed by atoms with Crippen molar-refractivity contribution in [3.8, 4) is 17.3 Å². The molecule has 1 aliphatic carbocycles. The number of aryl methyl sites for hydroxylation is 1. The normalized spacial score (nSPS) is 13.0. The maximum absolute atomic E-state index is 13.5. The number of imidazole rings is 1. The van der Waals surface area contributed by atoms with E-state index in [4.69, 9.17) is 14.5 Å². The minimum atomic E-state index is -0.754. The van der Waals surface area contributed by atoms with E-state index in [9.17, 15) is 14.9 Å². The van der Waals surface area contributed by atoms with E-state index in [0.29, 0.717) is 36.1 Å². The van der Waals surface area contributed by atoms with E-state index >= 15 is 0 Å². The van der Waals surface area contributed by atoms with E-state index in [1.807, 2.05) is 34.9 Å². The van der Waals surface area contributed by atoms with Gasteiger partial charge in [-0.05, 0) is 88.4 Å². The summed E-state index contributed by atoms with van der Waals surface area (Å²) in [5.41, 5.74) is 3.85. The zero-order valence-electron chi connectivity index (χ0n) is 23.6. The third-order valence-electron chi connectivity index (χ3n) is 6.57. The Labute approximate surface area is 238 Å². The molecule has 0 radical (unpaired) electrons. The lowest BCUT2D eigenvalue weighted by molar-refractivity contribution is -0.143. The van der Waals surface area contributed by atoms with Gasteiger partial charge < -0.3 is 14.0 Å². The number of nitriles is 1. The van der Waals surface area contributed by atoms with E-state index < -0.39 is 11.7 Å². The van der Waals surface area contributed by atoms with E-state index in [1.54, 1.807) is 46.2 Å². The second-order valence-electron chi connectivity index (χ2n) is 10.9. The van der Waals surface area contributed by atoms with Gasteiger partial charge in [-0.15, -0.1) is 0 Å². The predicted molar refractivity (Wildman–Crippen MR) is 154 cm³/mol. The Morgan fingerprint density at radius 1 is 1.10 bits per heavy atom. The van der Waals surface area contributed by atoms with Crippen molar-refractivity contribution < 1.29 is 19.1 Å². The molecule has 0 saturated heterocycles. The van der Waals surface area contributed by atoms with Crippen LogP contribution in [0.4, 0.5) is 16.4 Å². The van der Waals surface area contributed by atoms with Crippen molar-refractivity contribution in [2.24, 2.45) is 0 Å². The van der Waals surface area contributed by atoms with Crippen molar-refractivity contribution in [1.82, 2.24) is 19.5 Å². The van der Waals surface area contributed by atoms with Gasteiger partial charge >= 0.3 is 12.1 Å². The summed E-state index contributed by atoms with van der Waals surface area (Å²) in [7, 11) is 0. The van der Waals surface area contributed by atoms with Crippen molar-refractivity contribution in [3.63, 3.8) is 0 Å². The predicted octanol–water partition coefficient (Wildman–Crippen LogP) is 6.27. The molecule has 10 nitrogen and oxygen atoms in total. The lowest BCUT2D eigenvalue weighted by Gasteiger charge is -2.27. The van der Waals surface area contributed by atoms with Crippen LogP contribution in [0.3, 0.4) is 0 Å². The molecule has 4 aromatic rings. The average Bonchev–Trinajstić information content (AvgIpc) is 3.71. The highest BCUT2D eigenvalue weighted by molar-refractivity contribution is 5.95. The Morgan fingerprint density at radius 2 is 1.90 bits per heavy atom. The van der Waals surface area contributed by atoms with Crippen LogP contribution in [0.1, 0.15) is 64.0 Å². The number of esters is 1. The van der Waals surface area contributed by atoms with Gasteiger partial charge in [0.25, 0.3) is 0 Å². The third kappa shape index (κ3) is 6.52. The molecule has 1 aromatic carbocycles. The first-order valence-corrected chi connectivity index (χ1v) is 13.7. The number of hydrogen-bond donors (Lipinski definition) is 0. The molecule has 0 aliphatic heterocycles. The topological polar surface area (TPSA) is 123 Å². The standard InChI is InChI=1S/C31H32N6O4/c1-5-40-29(38)11-13-36-19-34-25-15-22(8-9-26(25)36)24-16-23(21-6-7-21)17-28(35-24)37(30(39)41-31(2,3)4)27-14-20(18-32)10-12-33-27/h8-10,12,14-17,19,21H,5-7,11,13H2,1-4H3. The highest BCUT2D eigenvalue weighted by Gasteiger charge is 2.30. The number of carbonyl (C=O) groups excluding carboxylic acids is 2. The number of ether oxygens (including phenoxy) is 2. The second-order valence-corrected chi connectivity index (χ2v) is 10.9. The van der Waals surface area contributed by atoms with Crippen LogP contribution in [-0.4, -0.2) is 43.8 Å². The molecular weight excluding hydrogens is 520 g/mol. The number of benzene rings is 1. The number of pyridine rings is 2. The highest BCUT2D eigenvalue weighted by atomic mass is 16.6. The van der Waals surface area contributed by atoms with Gasteiger partial charge in [0.05, 0.1) is 47.7 Å². The van der Waals surface area contributed by atoms with Gasteiger partial charge in [0.15, 0.2) is 0 Å². The first-order valence-electron chi connectivity index (χ1n) is 13.7. The van der Waals surface area contributed by atoms with E-state index in [2.05, 4.69) is 16.0 Å². The molecule has 1 aliphatic rings. The molecule has 0 spiro atoms. The van der Waals surface area contributed by atoms with Gasteiger partial charge in [-0.25, -0.2) is 24.6 Å². The van der Waals surface area contributed by atoms with Gasteiger partial charge in [-0.2, -0.15) is 5.26 Å². The Hall–Kier alpha value is -4.78. The van der Waals surface area contributed by atoms with Gasteiger partial charge in [0.2, 0.25) is 0 Å². The largest absolute Gasteiger partial charge is 0.466 e. The minimum Gasteiger partial charge on any atom is -0.466 e. The third-order valence-corrected chi connectivity index (χ3v) is 6.57. The maximum atomic E-state index is 13.5. The van der Waals surface area contributed by atoms with Crippen molar-refractivity contribution in [2.75, 3.05) is 11.5 Å². The fourth-order valence-corrected chi connectivity index (χ4v) is 4.52. The lowest BCUT2D eigenvalue weighted by Crippen LogP contribution is -2.35. The maximum Gasteiger partial charge on any atom is 0.421 e. The SMILES string of the molecule is CCOC(=O)CCn1cnc2cc(-c3cc(C4CC4)cc(N(C(=O)OC(C)(C)C)c4cc(C#N)ccn4)n3)ccc21. The van der Waals surface area contributed by atoms with Crippen molar-refractivity contribution in [3.05, 3.63) is 66.1 Å². The Balaban J connectivity index is 1.55. The fraction of sp³-hybridized carbons (Fsp3) is 0.355. The smallest absolute Gasteiger partial charge is 0.421 e. The fourth-order valence-electron chi connectivity index (χ4n) is 4.52. The molecule has 210 valence electrons. The molecule has 1 saturated carbocycles. The van der Waals surface area contributed by atoms with Gasteiger partial charge in [0, 0.05) is 18.3 Å². The summed E-state index contributed by atoms with van der Waals surface area (Å²) >= 11 is 0. The number of fused-ring (bicyclic) bond motifs is 1. The van der Waals surface area contributed by atoms with Crippen LogP contribution >= 0.6 is 0 Å². The van der Waals surface area contributed by atoms with Gasteiger partial charge in [0.1, 0.15) is 17.2 Å².